The average molecular weight is 176 g/mol. The van der Waals surface area contributed by atoms with Crippen LogP contribution in [0.15, 0.2) is 0 Å². The maximum absolute atomic E-state index is 5.05. The normalized spacial score (nSPS) is 9.36. The lowest BCUT2D eigenvalue weighted by atomic mass is 10.5. The minimum Gasteiger partial charge on any atom is -0.383 e. The van der Waals surface area contributed by atoms with Gasteiger partial charge in [-0.25, -0.2) is 0 Å². The van der Waals surface area contributed by atoms with Crippen LogP contribution in [-0.4, -0.2) is 43.9 Å². The van der Waals surface area contributed by atoms with Crippen LogP contribution >= 0.6 is 12.2 Å². The molecule has 0 rings (SSSR count). The van der Waals surface area contributed by atoms with Crippen LogP contribution in [0.5, 0.6) is 0 Å². The first-order chi connectivity index (χ1) is 5.26. The number of ether oxygens (including phenoxy) is 1. The van der Waals surface area contributed by atoms with Crippen molar-refractivity contribution in [3.05, 3.63) is 0 Å². The molecule has 0 fully saturated rings. The van der Waals surface area contributed by atoms with Gasteiger partial charge in [0.1, 0.15) is 0 Å². The number of methoxy groups -OCH3 is 1. The van der Waals surface area contributed by atoms with Gasteiger partial charge in [-0.3, -0.25) is 0 Å². The first kappa shape index (κ1) is 10.7. The third-order valence-electron chi connectivity index (χ3n) is 1.45. The molecular formula is C7H16N2OS. The first-order valence-corrected chi connectivity index (χ1v) is 4.12. The monoisotopic (exact) mass is 176 g/mol. The maximum Gasteiger partial charge on any atom is 0.168 e. The quantitative estimate of drug-likeness (QED) is 0.629. The summed E-state index contributed by atoms with van der Waals surface area (Å²) in [5.41, 5.74) is 0. The van der Waals surface area contributed by atoms with Gasteiger partial charge in [0.2, 0.25) is 0 Å². The van der Waals surface area contributed by atoms with E-state index in [0.29, 0.717) is 0 Å². The minimum absolute atomic E-state index is 0.718. The molecule has 0 aromatic rings. The number of likely N-dealkylation sites (N-methyl/N-ethyl adjacent to an activating group) is 1. The van der Waals surface area contributed by atoms with Gasteiger partial charge in [0.05, 0.1) is 6.61 Å². The second-order valence-electron chi connectivity index (χ2n) is 2.13. The van der Waals surface area contributed by atoms with Gasteiger partial charge in [0.15, 0.2) is 5.11 Å². The smallest absolute Gasteiger partial charge is 0.168 e. The average Bonchev–Trinajstić information content (AvgIpc) is 2.05. The molecule has 0 aromatic heterocycles. The highest BCUT2D eigenvalue weighted by atomic mass is 32.1. The summed E-state index contributed by atoms with van der Waals surface area (Å²) in [6.45, 7) is 4.56. The van der Waals surface area contributed by atoms with Crippen LogP contribution in [0.3, 0.4) is 0 Å². The van der Waals surface area contributed by atoms with Gasteiger partial charge in [-0.1, -0.05) is 0 Å². The van der Waals surface area contributed by atoms with Gasteiger partial charge >= 0.3 is 0 Å². The topological polar surface area (TPSA) is 24.5 Å². The fourth-order valence-electron chi connectivity index (χ4n) is 0.763. The molecule has 0 bridgehead atoms. The van der Waals surface area contributed by atoms with Gasteiger partial charge in [-0.2, -0.15) is 0 Å². The molecular weight excluding hydrogens is 160 g/mol. The van der Waals surface area contributed by atoms with Gasteiger partial charge in [-0.15, -0.1) is 0 Å². The summed E-state index contributed by atoms with van der Waals surface area (Å²) in [7, 11) is 3.52. The Hall–Kier alpha value is -0.350. The number of thiocarbonyl (C=S) groups is 1. The number of hydrogen-bond donors (Lipinski definition) is 1. The van der Waals surface area contributed by atoms with E-state index < -0.39 is 0 Å². The third-order valence-corrected chi connectivity index (χ3v) is 1.91. The molecule has 0 aliphatic heterocycles. The number of nitrogens with one attached hydrogen (secondary N) is 1. The Balaban J connectivity index is 3.65. The zero-order valence-corrected chi connectivity index (χ0v) is 8.20. The van der Waals surface area contributed by atoms with Gasteiger partial charge in [0.25, 0.3) is 0 Å². The summed E-state index contributed by atoms with van der Waals surface area (Å²) >= 11 is 5.05. The lowest BCUT2D eigenvalue weighted by Crippen LogP contribution is -2.39. The van der Waals surface area contributed by atoms with Crippen LogP contribution < -0.4 is 5.32 Å². The van der Waals surface area contributed by atoms with Crippen molar-refractivity contribution >= 4 is 17.3 Å². The van der Waals surface area contributed by atoms with E-state index in [0.717, 1.165) is 24.8 Å². The molecule has 0 aliphatic carbocycles. The van der Waals surface area contributed by atoms with Crippen LogP contribution in [0.25, 0.3) is 0 Å². The number of rotatable bonds is 4. The van der Waals surface area contributed by atoms with Crippen molar-refractivity contribution in [1.29, 1.82) is 0 Å². The molecule has 4 heteroatoms. The molecule has 0 unspecified atom stereocenters. The van der Waals surface area contributed by atoms with E-state index in [9.17, 15) is 0 Å². The van der Waals surface area contributed by atoms with Crippen molar-refractivity contribution in [3.8, 4) is 0 Å². The van der Waals surface area contributed by atoms with Crippen LogP contribution in [0.4, 0.5) is 0 Å². The van der Waals surface area contributed by atoms with Crippen LogP contribution in [0.1, 0.15) is 6.92 Å². The maximum atomic E-state index is 5.05. The van der Waals surface area contributed by atoms with Crippen molar-refractivity contribution in [2.24, 2.45) is 0 Å². The molecule has 0 radical (unpaired) electrons. The lowest BCUT2D eigenvalue weighted by Gasteiger charge is -2.22. The van der Waals surface area contributed by atoms with Gasteiger partial charge in [-0.05, 0) is 19.1 Å². The molecule has 1 N–H and O–H groups in total. The molecule has 0 saturated carbocycles. The second kappa shape index (κ2) is 6.37. The Morgan fingerprint density at radius 1 is 1.64 bits per heavy atom. The standard InChI is InChI=1S/C7H16N2OS/c1-4-9(5-6-10-3)7(11)8-2/h4-6H2,1-3H3,(H,8,11). The Kier molecular flexibility index (Phi) is 6.16. The second-order valence-corrected chi connectivity index (χ2v) is 2.51. The van der Waals surface area contributed by atoms with E-state index in [-0.39, 0.29) is 0 Å². The third kappa shape index (κ3) is 4.16. The number of nitrogens with zero attached hydrogens (tertiary/aromatic N) is 1. The Morgan fingerprint density at radius 2 is 2.27 bits per heavy atom. The van der Waals surface area contributed by atoms with E-state index in [1.54, 1.807) is 7.11 Å². The highest BCUT2D eigenvalue weighted by molar-refractivity contribution is 7.80. The SMILES string of the molecule is CCN(CCOC)C(=S)NC. The predicted molar refractivity (Wildman–Crippen MR) is 50.8 cm³/mol. The van der Waals surface area contributed by atoms with Crippen LogP contribution in [0, 0.1) is 0 Å². The highest BCUT2D eigenvalue weighted by Crippen LogP contribution is 1.88. The first-order valence-electron chi connectivity index (χ1n) is 3.71. The van der Waals surface area contributed by atoms with E-state index in [4.69, 9.17) is 17.0 Å². The molecule has 0 atom stereocenters. The summed E-state index contributed by atoms with van der Waals surface area (Å²) < 4.78 is 4.94. The Labute approximate surface area is 73.7 Å². The molecule has 11 heavy (non-hydrogen) atoms. The summed E-state index contributed by atoms with van der Waals surface area (Å²) in [6, 6.07) is 0. The van der Waals surface area contributed by atoms with Crippen molar-refractivity contribution < 1.29 is 4.74 Å². The molecule has 0 aromatic carbocycles. The lowest BCUT2D eigenvalue weighted by molar-refractivity contribution is 0.177. The van der Waals surface area contributed by atoms with E-state index in [2.05, 4.69) is 17.1 Å². The molecule has 0 heterocycles. The van der Waals surface area contributed by atoms with Crippen molar-refractivity contribution in [2.45, 2.75) is 6.92 Å². The van der Waals surface area contributed by atoms with Crippen LogP contribution in [0.2, 0.25) is 0 Å². The van der Waals surface area contributed by atoms with Gasteiger partial charge in [0, 0.05) is 27.2 Å². The van der Waals surface area contributed by atoms with E-state index >= 15 is 0 Å². The molecule has 0 aliphatic rings. The fourth-order valence-corrected chi connectivity index (χ4v) is 0.983. The Bertz CT molecular complexity index is 119. The van der Waals surface area contributed by atoms with E-state index in [1.165, 1.54) is 0 Å². The van der Waals surface area contributed by atoms with Crippen LogP contribution in [-0.2, 0) is 4.74 Å². The van der Waals surface area contributed by atoms with Crippen molar-refractivity contribution in [1.82, 2.24) is 10.2 Å². The largest absolute Gasteiger partial charge is 0.383 e. The Morgan fingerprint density at radius 3 is 2.64 bits per heavy atom. The van der Waals surface area contributed by atoms with Crippen molar-refractivity contribution in [3.63, 3.8) is 0 Å². The fraction of sp³-hybridized carbons (Fsp3) is 0.857. The zero-order chi connectivity index (χ0) is 8.69. The number of hydrogen-bond acceptors (Lipinski definition) is 2. The summed E-state index contributed by atoms with van der Waals surface area (Å²) in [5, 5.41) is 3.71. The minimum atomic E-state index is 0.718. The molecule has 0 spiro atoms. The zero-order valence-electron chi connectivity index (χ0n) is 7.39. The molecule has 3 nitrogen and oxygen atoms in total. The summed E-state index contributed by atoms with van der Waals surface area (Å²) in [6.07, 6.45) is 0. The summed E-state index contributed by atoms with van der Waals surface area (Å²) in [4.78, 5) is 2.05. The summed E-state index contributed by atoms with van der Waals surface area (Å²) in [5.74, 6) is 0. The molecule has 0 saturated heterocycles. The highest BCUT2D eigenvalue weighted by Gasteiger charge is 2.03. The molecule has 0 amide bonds. The predicted octanol–water partition coefficient (Wildman–Crippen LogP) is 0.459. The molecule has 66 valence electrons. The van der Waals surface area contributed by atoms with Gasteiger partial charge < -0.3 is 15.0 Å². The van der Waals surface area contributed by atoms with E-state index in [1.807, 2.05) is 7.05 Å². The van der Waals surface area contributed by atoms with Crippen molar-refractivity contribution in [2.75, 3.05) is 33.9 Å².